The predicted octanol–water partition coefficient (Wildman–Crippen LogP) is 4.66. The van der Waals surface area contributed by atoms with Crippen molar-refractivity contribution in [2.75, 3.05) is 18.4 Å². The van der Waals surface area contributed by atoms with Crippen LogP contribution in [0.4, 0.5) is 5.69 Å². The predicted molar refractivity (Wildman–Crippen MR) is 117 cm³/mol. The molecular weight excluding hydrogens is 362 g/mol. The van der Waals surface area contributed by atoms with Crippen molar-refractivity contribution in [1.82, 2.24) is 9.88 Å². The Morgan fingerprint density at radius 3 is 2.86 bits per heavy atom. The number of benzene rings is 2. The molecule has 0 bridgehead atoms. The Hall–Kier alpha value is -2.92. The van der Waals surface area contributed by atoms with Gasteiger partial charge in [0.1, 0.15) is 11.9 Å². The average molecular weight is 389 g/mol. The lowest BCUT2D eigenvalue weighted by atomic mass is 10.1. The van der Waals surface area contributed by atoms with Gasteiger partial charge in [-0.15, -0.1) is 0 Å². The molecule has 1 unspecified atom stereocenters. The van der Waals surface area contributed by atoms with Crippen molar-refractivity contribution in [3.63, 3.8) is 0 Å². The molecule has 1 saturated heterocycles. The molecule has 0 saturated carbocycles. The number of carbonyl (C=O) groups excluding carboxylic acids is 1. The first kappa shape index (κ1) is 19.4. The molecule has 1 amide bonds. The first-order valence-corrected chi connectivity index (χ1v) is 10.2. The lowest BCUT2D eigenvalue weighted by Gasteiger charge is -2.21. The Morgan fingerprint density at radius 2 is 2.07 bits per heavy atom. The Bertz CT molecular complexity index is 1030. The Morgan fingerprint density at radius 1 is 1.21 bits per heavy atom. The minimum atomic E-state index is -0.141. The Labute approximate surface area is 171 Å². The van der Waals surface area contributed by atoms with Gasteiger partial charge in [0.15, 0.2) is 0 Å². The first-order chi connectivity index (χ1) is 14.0. The zero-order valence-electron chi connectivity index (χ0n) is 17.2. The summed E-state index contributed by atoms with van der Waals surface area (Å²) in [7, 11) is 0. The van der Waals surface area contributed by atoms with E-state index in [1.165, 1.54) is 0 Å². The number of ether oxygens (including phenoxy) is 1. The summed E-state index contributed by atoms with van der Waals surface area (Å²) < 4.78 is 6.27. The molecule has 2 aromatic carbocycles. The molecular formula is C24H27N3O2. The van der Waals surface area contributed by atoms with Crippen LogP contribution in [0.3, 0.4) is 0 Å². The molecule has 0 spiro atoms. The van der Waals surface area contributed by atoms with Gasteiger partial charge in [-0.25, -0.2) is 0 Å². The van der Waals surface area contributed by atoms with Crippen molar-refractivity contribution in [3.8, 4) is 5.75 Å². The van der Waals surface area contributed by atoms with Gasteiger partial charge in [0, 0.05) is 48.0 Å². The van der Waals surface area contributed by atoms with Crippen molar-refractivity contribution in [3.05, 3.63) is 65.9 Å². The molecule has 1 aromatic heterocycles. The van der Waals surface area contributed by atoms with Crippen LogP contribution in [-0.2, 0) is 0 Å². The van der Waals surface area contributed by atoms with Gasteiger partial charge in [-0.1, -0.05) is 12.1 Å². The highest BCUT2D eigenvalue weighted by Crippen LogP contribution is 2.27. The standard InChI is InChI=1S/C24H27N3O2/c1-16(2)27-12-10-21(15-27)29-23-14-20(8-6-17(23)3)26-24(28)19-7-9-22-18(13-19)5-4-11-25-22/h4-9,11,13-14,16,21H,10,12,15H2,1-3H3,(H,26,28). The number of amides is 1. The highest BCUT2D eigenvalue weighted by atomic mass is 16.5. The molecule has 29 heavy (non-hydrogen) atoms. The molecule has 2 heterocycles. The van der Waals surface area contributed by atoms with E-state index >= 15 is 0 Å². The molecule has 0 radical (unpaired) electrons. The first-order valence-electron chi connectivity index (χ1n) is 10.2. The van der Waals surface area contributed by atoms with Crippen LogP contribution < -0.4 is 10.1 Å². The number of aryl methyl sites for hydroxylation is 1. The molecule has 1 aliphatic rings. The van der Waals surface area contributed by atoms with E-state index in [0.717, 1.165) is 47.4 Å². The van der Waals surface area contributed by atoms with Crippen molar-refractivity contribution >= 4 is 22.5 Å². The number of rotatable bonds is 5. The number of likely N-dealkylation sites (tertiary alicyclic amines) is 1. The van der Waals surface area contributed by atoms with Gasteiger partial charge < -0.3 is 10.1 Å². The smallest absolute Gasteiger partial charge is 0.255 e. The molecule has 1 fully saturated rings. The fourth-order valence-corrected chi connectivity index (χ4v) is 3.72. The number of hydrogen-bond donors (Lipinski definition) is 1. The summed E-state index contributed by atoms with van der Waals surface area (Å²) in [5, 5.41) is 3.94. The van der Waals surface area contributed by atoms with E-state index in [1.54, 1.807) is 12.3 Å². The summed E-state index contributed by atoms with van der Waals surface area (Å²) in [5.41, 5.74) is 3.29. The summed E-state index contributed by atoms with van der Waals surface area (Å²) >= 11 is 0. The van der Waals surface area contributed by atoms with E-state index < -0.39 is 0 Å². The normalized spacial score (nSPS) is 17.0. The zero-order chi connectivity index (χ0) is 20.4. The van der Waals surface area contributed by atoms with E-state index in [0.29, 0.717) is 11.6 Å². The maximum Gasteiger partial charge on any atom is 0.255 e. The molecule has 4 rings (SSSR count). The summed E-state index contributed by atoms with van der Waals surface area (Å²) in [5.74, 6) is 0.693. The maximum absolute atomic E-state index is 12.7. The fraction of sp³-hybridized carbons (Fsp3) is 0.333. The van der Waals surface area contributed by atoms with Gasteiger partial charge in [0.2, 0.25) is 0 Å². The van der Waals surface area contributed by atoms with Gasteiger partial charge in [0.05, 0.1) is 5.52 Å². The number of pyridine rings is 1. The third kappa shape index (κ3) is 4.40. The molecule has 1 aliphatic heterocycles. The van der Waals surface area contributed by atoms with Gasteiger partial charge in [0.25, 0.3) is 5.91 Å². The number of carbonyl (C=O) groups is 1. The molecule has 3 aromatic rings. The number of nitrogens with zero attached hydrogens (tertiary/aromatic N) is 2. The molecule has 1 N–H and O–H groups in total. The van der Waals surface area contributed by atoms with E-state index in [9.17, 15) is 4.79 Å². The lowest BCUT2D eigenvalue weighted by molar-refractivity contribution is 0.102. The van der Waals surface area contributed by atoms with Crippen LogP contribution in [0, 0.1) is 6.92 Å². The molecule has 0 aliphatic carbocycles. The summed E-state index contributed by atoms with van der Waals surface area (Å²) in [6.45, 7) is 8.47. The molecule has 5 heteroatoms. The molecule has 1 atom stereocenters. The molecule has 150 valence electrons. The Balaban J connectivity index is 1.47. The van der Waals surface area contributed by atoms with Crippen molar-refractivity contribution in [1.29, 1.82) is 0 Å². The number of fused-ring (bicyclic) bond motifs is 1. The van der Waals surface area contributed by atoms with Crippen LogP contribution in [0.5, 0.6) is 5.75 Å². The second kappa shape index (κ2) is 8.21. The second-order valence-electron chi connectivity index (χ2n) is 7.96. The minimum Gasteiger partial charge on any atom is -0.489 e. The van der Waals surface area contributed by atoms with E-state index in [1.807, 2.05) is 49.4 Å². The topological polar surface area (TPSA) is 54.5 Å². The van der Waals surface area contributed by atoms with E-state index in [2.05, 4.69) is 29.0 Å². The third-order valence-corrected chi connectivity index (χ3v) is 5.51. The summed E-state index contributed by atoms with van der Waals surface area (Å²) in [6, 6.07) is 15.7. The van der Waals surface area contributed by atoms with Gasteiger partial charge in [-0.2, -0.15) is 0 Å². The highest BCUT2D eigenvalue weighted by Gasteiger charge is 2.26. The summed E-state index contributed by atoms with van der Waals surface area (Å²) in [4.78, 5) is 19.5. The summed E-state index contributed by atoms with van der Waals surface area (Å²) in [6.07, 6.45) is 2.97. The number of nitrogens with one attached hydrogen (secondary N) is 1. The average Bonchev–Trinajstić information content (AvgIpc) is 3.19. The van der Waals surface area contributed by atoms with Crippen molar-refractivity contribution in [2.24, 2.45) is 0 Å². The molecule has 5 nitrogen and oxygen atoms in total. The van der Waals surface area contributed by atoms with E-state index in [4.69, 9.17) is 4.74 Å². The Kier molecular flexibility index (Phi) is 5.49. The number of aromatic nitrogens is 1. The SMILES string of the molecule is Cc1ccc(NC(=O)c2ccc3ncccc3c2)cc1OC1CCN(C(C)C)C1. The van der Waals surface area contributed by atoms with Crippen LogP contribution in [0.1, 0.15) is 36.2 Å². The minimum absolute atomic E-state index is 0.141. The van der Waals surface area contributed by atoms with Gasteiger partial charge >= 0.3 is 0 Å². The van der Waals surface area contributed by atoms with Crippen molar-refractivity contribution < 1.29 is 9.53 Å². The number of anilines is 1. The fourth-order valence-electron chi connectivity index (χ4n) is 3.72. The van der Waals surface area contributed by atoms with Crippen LogP contribution in [0.25, 0.3) is 10.9 Å². The maximum atomic E-state index is 12.7. The van der Waals surface area contributed by atoms with E-state index in [-0.39, 0.29) is 12.0 Å². The second-order valence-corrected chi connectivity index (χ2v) is 7.96. The van der Waals surface area contributed by atoms with Crippen LogP contribution in [-0.4, -0.2) is 41.0 Å². The zero-order valence-corrected chi connectivity index (χ0v) is 17.2. The third-order valence-electron chi connectivity index (χ3n) is 5.51. The van der Waals surface area contributed by atoms with Crippen LogP contribution in [0.15, 0.2) is 54.7 Å². The van der Waals surface area contributed by atoms with Crippen LogP contribution in [0.2, 0.25) is 0 Å². The monoisotopic (exact) mass is 389 g/mol. The quantitative estimate of drug-likeness (QED) is 0.690. The van der Waals surface area contributed by atoms with Crippen LogP contribution >= 0.6 is 0 Å². The number of hydrogen-bond acceptors (Lipinski definition) is 4. The van der Waals surface area contributed by atoms with Gasteiger partial charge in [-0.05, 0) is 63.1 Å². The van der Waals surface area contributed by atoms with Crippen molar-refractivity contribution in [2.45, 2.75) is 39.3 Å². The highest BCUT2D eigenvalue weighted by molar-refractivity contribution is 6.06. The largest absolute Gasteiger partial charge is 0.489 e. The van der Waals surface area contributed by atoms with Gasteiger partial charge in [-0.3, -0.25) is 14.7 Å². The lowest BCUT2D eigenvalue weighted by Crippen LogP contribution is -2.30.